The first kappa shape index (κ1) is 13.0. The van der Waals surface area contributed by atoms with Crippen molar-refractivity contribution in [1.82, 2.24) is 25.4 Å². The molecule has 2 N–H and O–H groups in total. The summed E-state index contributed by atoms with van der Waals surface area (Å²) in [6.45, 7) is 1.13. The van der Waals surface area contributed by atoms with Gasteiger partial charge in [0, 0.05) is 24.9 Å². The van der Waals surface area contributed by atoms with Crippen LogP contribution in [-0.4, -0.2) is 32.7 Å². The van der Waals surface area contributed by atoms with Crippen LogP contribution in [0.4, 0.5) is 0 Å². The molecule has 0 aromatic carbocycles. The van der Waals surface area contributed by atoms with Crippen molar-refractivity contribution >= 4 is 12.4 Å². The number of halogens is 1. The van der Waals surface area contributed by atoms with Gasteiger partial charge in [0.05, 0.1) is 0 Å². The van der Waals surface area contributed by atoms with Crippen LogP contribution >= 0.6 is 12.4 Å². The van der Waals surface area contributed by atoms with Crippen LogP contribution in [0.1, 0.15) is 25.2 Å². The molecule has 0 aliphatic carbocycles. The van der Waals surface area contributed by atoms with Crippen LogP contribution in [0.25, 0.3) is 11.6 Å². The fourth-order valence-corrected chi connectivity index (χ4v) is 2.14. The summed E-state index contributed by atoms with van der Waals surface area (Å²) in [4.78, 5) is 11.4. The molecule has 0 saturated carbocycles. The molecule has 1 atom stereocenters. The summed E-state index contributed by atoms with van der Waals surface area (Å²) >= 11 is 0. The van der Waals surface area contributed by atoms with Crippen LogP contribution < -0.4 is 5.32 Å². The maximum atomic E-state index is 5.20. The Bertz CT molecular complexity index is 463. The Morgan fingerprint density at radius 3 is 3.11 bits per heavy atom. The van der Waals surface area contributed by atoms with Crippen LogP contribution in [-0.2, 0) is 6.42 Å². The van der Waals surface area contributed by atoms with Crippen LogP contribution in [0.2, 0.25) is 0 Å². The highest BCUT2D eigenvalue weighted by Gasteiger charge is 2.16. The summed E-state index contributed by atoms with van der Waals surface area (Å²) in [5.74, 6) is 1.87. The lowest BCUT2D eigenvalue weighted by atomic mass is 10.1. The number of hydrogen-bond acceptors (Lipinski definition) is 5. The Morgan fingerprint density at radius 2 is 2.39 bits per heavy atom. The summed E-state index contributed by atoms with van der Waals surface area (Å²) in [7, 11) is 0. The lowest BCUT2D eigenvalue weighted by molar-refractivity contribution is 0.368. The minimum Gasteiger partial charge on any atom is -0.342 e. The van der Waals surface area contributed by atoms with Gasteiger partial charge in [0.2, 0.25) is 11.7 Å². The fourth-order valence-electron chi connectivity index (χ4n) is 2.14. The monoisotopic (exact) mass is 269 g/mol. The van der Waals surface area contributed by atoms with E-state index >= 15 is 0 Å². The van der Waals surface area contributed by atoms with Gasteiger partial charge in [-0.1, -0.05) is 5.16 Å². The van der Waals surface area contributed by atoms with E-state index in [0.717, 1.165) is 19.4 Å². The van der Waals surface area contributed by atoms with Gasteiger partial charge >= 0.3 is 0 Å². The normalized spacial score (nSPS) is 18.8. The van der Waals surface area contributed by atoms with Crippen molar-refractivity contribution in [2.24, 2.45) is 0 Å². The quantitative estimate of drug-likeness (QED) is 0.881. The molecule has 2 aromatic heterocycles. The van der Waals surface area contributed by atoms with E-state index in [0.29, 0.717) is 23.6 Å². The highest BCUT2D eigenvalue weighted by atomic mass is 35.5. The molecule has 0 bridgehead atoms. The van der Waals surface area contributed by atoms with Gasteiger partial charge in [-0.25, -0.2) is 4.98 Å². The molecule has 1 aliphatic rings. The van der Waals surface area contributed by atoms with Gasteiger partial charge in [-0.05, 0) is 25.8 Å². The van der Waals surface area contributed by atoms with Gasteiger partial charge < -0.3 is 14.8 Å². The van der Waals surface area contributed by atoms with E-state index in [1.54, 1.807) is 12.4 Å². The molecule has 1 saturated heterocycles. The third-order valence-corrected chi connectivity index (χ3v) is 3.05. The molecule has 0 spiro atoms. The van der Waals surface area contributed by atoms with Crippen LogP contribution in [0.3, 0.4) is 0 Å². The Labute approximate surface area is 111 Å². The molecule has 0 amide bonds. The van der Waals surface area contributed by atoms with E-state index in [4.69, 9.17) is 4.52 Å². The molecule has 2 aromatic rings. The summed E-state index contributed by atoms with van der Waals surface area (Å²) in [6, 6.07) is 0.606. The average molecular weight is 270 g/mol. The molecule has 3 rings (SSSR count). The first-order chi connectivity index (χ1) is 8.42. The number of imidazole rings is 1. The second kappa shape index (κ2) is 5.97. The predicted octanol–water partition coefficient (Wildman–Crippen LogP) is 1.57. The summed E-state index contributed by atoms with van der Waals surface area (Å²) < 4.78 is 5.20. The van der Waals surface area contributed by atoms with Gasteiger partial charge in [-0.2, -0.15) is 4.98 Å². The molecule has 1 fully saturated rings. The van der Waals surface area contributed by atoms with Crippen LogP contribution in [0, 0.1) is 0 Å². The molecular formula is C11H16ClN5O. The molecular weight excluding hydrogens is 254 g/mol. The lowest BCUT2D eigenvalue weighted by Crippen LogP contribution is -2.21. The van der Waals surface area contributed by atoms with Crippen molar-refractivity contribution in [3.05, 3.63) is 18.3 Å². The van der Waals surface area contributed by atoms with Gasteiger partial charge in [-0.15, -0.1) is 12.4 Å². The summed E-state index contributed by atoms with van der Waals surface area (Å²) in [5, 5.41) is 7.36. The summed E-state index contributed by atoms with van der Waals surface area (Å²) in [6.07, 6.45) is 7.82. The molecule has 6 nitrogen and oxygen atoms in total. The second-order valence-electron chi connectivity index (χ2n) is 4.28. The van der Waals surface area contributed by atoms with Gasteiger partial charge in [0.1, 0.15) is 0 Å². The van der Waals surface area contributed by atoms with Crippen molar-refractivity contribution in [3.63, 3.8) is 0 Å². The third kappa shape index (κ3) is 2.88. The van der Waals surface area contributed by atoms with E-state index in [1.807, 2.05) is 0 Å². The number of aromatic amines is 1. The molecule has 3 heterocycles. The summed E-state index contributed by atoms with van der Waals surface area (Å²) in [5.41, 5.74) is 0. The van der Waals surface area contributed by atoms with Crippen molar-refractivity contribution in [3.8, 4) is 11.6 Å². The maximum Gasteiger partial charge on any atom is 0.238 e. The zero-order valence-corrected chi connectivity index (χ0v) is 10.7. The second-order valence-corrected chi connectivity index (χ2v) is 4.28. The number of hydrogen-bond donors (Lipinski definition) is 2. The van der Waals surface area contributed by atoms with E-state index in [9.17, 15) is 0 Å². The van der Waals surface area contributed by atoms with Gasteiger partial charge in [0.25, 0.3) is 0 Å². The molecule has 18 heavy (non-hydrogen) atoms. The van der Waals surface area contributed by atoms with E-state index in [1.165, 1.54) is 12.8 Å². The minimum atomic E-state index is 0. The van der Waals surface area contributed by atoms with Gasteiger partial charge in [-0.3, -0.25) is 0 Å². The number of H-pyrrole nitrogens is 1. The number of aromatic nitrogens is 4. The van der Waals surface area contributed by atoms with Gasteiger partial charge in [0.15, 0.2) is 5.82 Å². The number of rotatable bonds is 4. The molecule has 1 unspecified atom stereocenters. The SMILES string of the molecule is Cl.c1c[nH]c(-c2noc(CCC3CCCN3)n2)n1. The van der Waals surface area contributed by atoms with Crippen molar-refractivity contribution < 1.29 is 4.52 Å². The Kier molecular flexibility index (Phi) is 4.33. The molecule has 1 aliphatic heterocycles. The minimum absolute atomic E-state index is 0. The van der Waals surface area contributed by atoms with Crippen LogP contribution in [0.5, 0.6) is 0 Å². The number of aryl methyl sites for hydroxylation is 1. The highest BCUT2D eigenvalue weighted by Crippen LogP contribution is 2.14. The lowest BCUT2D eigenvalue weighted by Gasteiger charge is -2.06. The largest absolute Gasteiger partial charge is 0.342 e. The van der Waals surface area contributed by atoms with E-state index < -0.39 is 0 Å². The Hall–Kier alpha value is -1.40. The molecule has 7 heteroatoms. The zero-order valence-electron chi connectivity index (χ0n) is 9.93. The Morgan fingerprint density at radius 1 is 1.44 bits per heavy atom. The number of nitrogens with zero attached hydrogens (tertiary/aromatic N) is 3. The van der Waals surface area contributed by atoms with E-state index in [-0.39, 0.29) is 12.4 Å². The van der Waals surface area contributed by atoms with Crippen LogP contribution in [0.15, 0.2) is 16.9 Å². The van der Waals surface area contributed by atoms with E-state index in [2.05, 4.69) is 25.4 Å². The van der Waals surface area contributed by atoms with Crippen molar-refractivity contribution in [1.29, 1.82) is 0 Å². The third-order valence-electron chi connectivity index (χ3n) is 3.05. The fraction of sp³-hybridized carbons (Fsp3) is 0.545. The smallest absolute Gasteiger partial charge is 0.238 e. The first-order valence-electron chi connectivity index (χ1n) is 5.97. The molecule has 98 valence electrons. The standard InChI is InChI=1S/C11H15N5O.ClH/c1-2-8(12-5-1)3-4-9-15-11(16-17-9)10-13-6-7-14-10;/h6-8,12H,1-5H2,(H,13,14);1H. The maximum absolute atomic E-state index is 5.20. The number of nitrogens with one attached hydrogen (secondary N) is 2. The first-order valence-corrected chi connectivity index (χ1v) is 5.97. The highest BCUT2D eigenvalue weighted by molar-refractivity contribution is 5.85. The predicted molar refractivity (Wildman–Crippen MR) is 68.5 cm³/mol. The van der Waals surface area contributed by atoms with Crippen molar-refractivity contribution in [2.45, 2.75) is 31.7 Å². The Balaban J connectivity index is 0.00000120. The van der Waals surface area contributed by atoms with Crippen molar-refractivity contribution in [2.75, 3.05) is 6.54 Å². The zero-order chi connectivity index (χ0) is 11.5. The molecule has 0 radical (unpaired) electrons. The topological polar surface area (TPSA) is 79.6 Å². The average Bonchev–Trinajstić information content (AvgIpc) is 3.09.